The molecule has 1 aromatic rings. The molecule has 1 aliphatic carbocycles. The number of hydrogen-bond acceptors (Lipinski definition) is 2. The van der Waals surface area contributed by atoms with E-state index in [0.717, 1.165) is 5.92 Å². The van der Waals surface area contributed by atoms with Gasteiger partial charge in [0.05, 0.1) is 0 Å². The lowest BCUT2D eigenvalue weighted by Gasteiger charge is -2.31. The van der Waals surface area contributed by atoms with E-state index >= 15 is 0 Å². The third kappa shape index (κ3) is 2.43. The van der Waals surface area contributed by atoms with Crippen molar-refractivity contribution in [3.63, 3.8) is 0 Å². The lowest BCUT2D eigenvalue weighted by molar-refractivity contribution is 0.281. The van der Waals surface area contributed by atoms with E-state index in [2.05, 4.69) is 30.3 Å². The zero-order valence-corrected chi connectivity index (χ0v) is 10.4. The Morgan fingerprint density at radius 1 is 1.31 bits per heavy atom. The van der Waals surface area contributed by atoms with Gasteiger partial charge in [-0.15, -0.1) is 0 Å². The van der Waals surface area contributed by atoms with Gasteiger partial charge in [-0.1, -0.05) is 19.3 Å². The fourth-order valence-electron chi connectivity index (χ4n) is 2.95. The van der Waals surface area contributed by atoms with Crippen LogP contribution in [0.25, 0.3) is 0 Å². The van der Waals surface area contributed by atoms with Crippen molar-refractivity contribution in [2.75, 3.05) is 7.05 Å². The third-order valence-electron chi connectivity index (χ3n) is 3.83. The topological polar surface area (TPSA) is 24.9 Å². The summed E-state index contributed by atoms with van der Waals surface area (Å²) in [5.41, 5.74) is 2.75. The number of aromatic nitrogens is 1. The van der Waals surface area contributed by atoms with Crippen molar-refractivity contribution in [1.82, 2.24) is 10.3 Å². The molecule has 16 heavy (non-hydrogen) atoms. The molecule has 0 aromatic carbocycles. The second-order valence-corrected chi connectivity index (χ2v) is 4.90. The summed E-state index contributed by atoms with van der Waals surface area (Å²) in [4.78, 5) is 4.18. The van der Waals surface area contributed by atoms with Gasteiger partial charge in [0.15, 0.2) is 0 Å². The van der Waals surface area contributed by atoms with Crippen LogP contribution in [0.4, 0.5) is 0 Å². The van der Waals surface area contributed by atoms with Gasteiger partial charge in [-0.05, 0) is 49.9 Å². The number of aryl methyl sites for hydroxylation is 1. The first-order valence-corrected chi connectivity index (χ1v) is 6.40. The monoisotopic (exact) mass is 218 g/mol. The van der Waals surface area contributed by atoms with Crippen LogP contribution in [0.1, 0.15) is 49.3 Å². The zero-order valence-electron chi connectivity index (χ0n) is 10.4. The molecule has 1 N–H and O–H groups in total. The summed E-state index contributed by atoms with van der Waals surface area (Å²) in [6.45, 7) is 2.16. The number of nitrogens with one attached hydrogen (secondary N) is 1. The number of pyridine rings is 1. The maximum atomic E-state index is 4.18. The average Bonchev–Trinajstić information content (AvgIpc) is 2.34. The Labute approximate surface area is 98.5 Å². The maximum Gasteiger partial charge on any atom is 0.0349 e. The molecule has 0 radical (unpaired) electrons. The highest BCUT2D eigenvalue weighted by atomic mass is 14.9. The molecular weight excluding hydrogens is 196 g/mol. The summed E-state index contributed by atoms with van der Waals surface area (Å²) in [6.07, 6.45) is 10.8. The van der Waals surface area contributed by atoms with Crippen molar-refractivity contribution in [3.05, 3.63) is 29.6 Å². The molecule has 0 amide bonds. The highest BCUT2D eigenvalue weighted by Gasteiger charge is 2.24. The molecular formula is C14H22N2. The van der Waals surface area contributed by atoms with E-state index < -0.39 is 0 Å². The maximum absolute atomic E-state index is 4.18. The molecule has 1 heterocycles. The molecule has 0 aliphatic heterocycles. The van der Waals surface area contributed by atoms with Gasteiger partial charge in [-0.25, -0.2) is 0 Å². The number of rotatable bonds is 3. The number of nitrogens with zero attached hydrogens (tertiary/aromatic N) is 1. The summed E-state index contributed by atoms with van der Waals surface area (Å²) >= 11 is 0. The van der Waals surface area contributed by atoms with Gasteiger partial charge in [0.2, 0.25) is 0 Å². The predicted molar refractivity (Wildman–Crippen MR) is 67.3 cm³/mol. The Hall–Kier alpha value is -0.890. The van der Waals surface area contributed by atoms with Crippen LogP contribution in [0.3, 0.4) is 0 Å². The van der Waals surface area contributed by atoms with Gasteiger partial charge < -0.3 is 5.32 Å². The van der Waals surface area contributed by atoms with Crippen molar-refractivity contribution < 1.29 is 0 Å². The molecule has 0 bridgehead atoms. The Balaban J connectivity index is 2.18. The van der Waals surface area contributed by atoms with Crippen LogP contribution in [-0.2, 0) is 0 Å². The molecule has 1 aromatic heterocycles. The van der Waals surface area contributed by atoms with E-state index in [1.54, 1.807) is 0 Å². The summed E-state index contributed by atoms with van der Waals surface area (Å²) in [5, 5.41) is 3.50. The molecule has 1 saturated carbocycles. The summed E-state index contributed by atoms with van der Waals surface area (Å²) in [6, 6.07) is 2.69. The van der Waals surface area contributed by atoms with Gasteiger partial charge in [-0.2, -0.15) is 0 Å². The van der Waals surface area contributed by atoms with E-state index in [0.29, 0.717) is 6.04 Å². The lowest BCUT2D eigenvalue weighted by Crippen LogP contribution is -2.27. The highest BCUT2D eigenvalue weighted by molar-refractivity contribution is 5.26. The molecule has 88 valence electrons. The van der Waals surface area contributed by atoms with Gasteiger partial charge >= 0.3 is 0 Å². The van der Waals surface area contributed by atoms with Crippen LogP contribution in [0.2, 0.25) is 0 Å². The molecule has 2 nitrogen and oxygen atoms in total. The average molecular weight is 218 g/mol. The number of hydrogen-bond donors (Lipinski definition) is 1. The fourth-order valence-corrected chi connectivity index (χ4v) is 2.95. The zero-order chi connectivity index (χ0) is 11.4. The van der Waals surface area contributed by atoms with Crippen molar-refractivity contribution in [2.24, 2.45) is 5.92 Å². The predicted octanol–water partition coefficient (Wildman–Crippen LogP) is 3.23. The van der Waals surface area contributed by atoms with Gasteiger partial charge in [0, 0.05) is 18.4 Å². The van der Waals surface area contributed by atoms with Gasteiger partial charge in [0.25, 0.3) is 0 Å². The first-order valence-electron chi connectivity index (χ1n) is 6.40. The van der Waals surface area contributed by atoms with Crippen LogP contribution >= 0.6 is 0 Å². The van der Waals surface area contributed by atoms with Crippen LogP contribution in [0, 0.1) is 12.8 Å². The third-order valence-corrected chi connectivity index (χ3v) is 3.83. The highest BCUT2D eigenvalue weighted by Crippen LogP contribution is 2.34. The fraction of sp³-hybridized carbons (Fsp3) is 0.643. The molecule has 2 heteroatoms. The molecule has 1 unspecified atom stereocenters. The minimum atomic E-state index is 0.517. The van der Waals surface area contributed by atoms with E-state index in [1.807, 2.05) is 12.4 Å². The van der Waals surface area contributed by atoms with E-state index in [-0.39, 0.29) is 0 Å². The standard InChI is InChI=1S/C14H22N2/c1-11-10-16-9-8-13(11)14(15-2)12-6-4-3-5-7-12/h8-10,12,14-15H,3-7H2,1-2H3. The smallest absolute Gasteiger partial charge is 0.0349 e. The van der Waals surface area contributed by atoms with Crippen molar-refractivity contribution >= 4 is 0 Å². The largest absolute Gasteiger partial charge is 0.313 e. The van der Waals surface area contributed by atoms with Crippen LogP contribution < -0.4 is 5.32 Å². The normalized spacial score (nSPS) is 19.6. The summed E-state index contributed by atoms with van der Waals surface area (Å²) < 4.78 is 0. The van der Waals surface area contributed by atoms with Crippen LogP contribution in [0.15, 0.2) is 18.5 Å². The minimum Gasteiger partial charge on any atom is -0.313 e. The quantitative estimate of drug-likeness (QED) is 0.842. The van der Waals surface area contributed by atoms with Crippen molar-refractivity contribution in [1.29, 1.82) is 0 Å². The van der Waals surface area contributed by atoms with Crippen molar-refractivity contribution in [2.45, 2.75) is 45.1 Å². The summed E-state index contributed by atoms with van der Waals surface area (Å²) in [5.74, 6) is 0.805. The Morgan fingerprint density at radius 3 is 2.69 bits per heavy atom. The lowest BCUT2D eigenvalue weighted by atomic mass is 9.80. The molecule has 2 rings (SSSR count). The first kappa shape index (κ1) is 11.6. The first-order chi connectivity index (χ1) is 7.83. The van der Waals surface area contributed by atoms with Crippen LogP contribution in [-0.4, -0.2) is 12.0 Å². The van der Waals surface area contributed by atoms with E-state index in [1.165, 1.54) is 43.2 Å². The summed E-state index contributed by atoms with van der Waals surface area (Å²) in [7, 11) is 2.08. The van der Waals surface area contributed by atoms with Crippen molar-refractivity contribution in [3.8, 4) is 0 Å². The second-order valence-electron chi connectivity index (χ2n) is 4.90. The Kier molecular flexibility index (Phi) is 3.94. The van der Waals surface area contributed by atoms with E-state index in [9.17, 15) is 0 Å². The van der Waals surface area contributed by atoms with E-state index in [4.69, 9.17) is 0 Å². The molecule has 1 atom stereocenters. The molecule has 1 aliphatic rings. The molecule has 0 saturated heterocycles. The van der Waals surface area contributed by atoms with Gasteiger partial charge in [-0.3, -0.25) is 4.98 Å². The second kappa shape index (κ2) is 5.44. The molecule has 0 spiro atoms. The SMILES string of the molecule is CNC(c1ccncc1C)C1CCCCC1. The minimum absolute atomic E-state index is 0.517. The Morgan fingerprint density at radius 2 is 2.06 bits per heavy atom. The molecule has 1 fully saturated rings. The van der Waals surface area contributed by atoms with Crippen LogP contribution in [0.5, 0.6) is 0 Å². The Bertz CT molecular complexity index is 329. The van der Waals surface area contributed by atoms with Gasteiger partial charge in [0.1, 0.15) is 0 Å².